The summed E-state index contributed by atoms with van der Waals surface area (Å²) < 4.78 is 10.2. The molecule has 0 atom stereocenters. The van der Waals surface area contributed by atoms with Crippen molar-refractivity contribution in [3.05, 3.63) is 0 Å². The van der Waals surface area contributed by atoms with Crippen LogP contribution in [0.4, 0.5) is 5.95 Å². The van der Waals surface area contributed by atoms with Crippen molar-refractivity contribution in [1.29, 1.82) is 0 Å². The monoisotopic (exact) mass is 226 g/mol. The summed E-state index contributed by atoms with van der Waals surface area (Å²) in [6, 6.07) is 0.367. The van der Waals surface area contributed by atoms with E-state index in [9.17, 15) is 0 Å². The van der Waals surface area contributed by atoms with Gasteiger partial charge in [-0.1, -0.05) is 20.8 Å². The Bertz CT molecular complexity index is 349. The molecule has 6 heteroatoms. The fourth-order valence-electron chi connectivity index (χ4n) is 0.957. The number of hydrogen-bond donors (Lipinski definition) is 1. The van der Waals surface area contributed by atoms with Gasteiger partial charge in [-0.15, -0.1) is 4.98 Å². The highest BCUT2D eigenvalue weighted by atomic mass is 16.5. The summed E-state index contributed by atoms with van der Waals surface area (Å²) in [5.41, 5.74) is 5.68. The molecule has 2 N–H and O–H groups in total. The minimum absolute atomic E-state index is 0.0950. The molecule has 0 radical (unpaired) electrons. The van der Waals surface area contributed by atoms with E-state index in [1.54, 1.807) is 0 Å². The van der Waals surface area contributed by atoms with Gasteiger partial charge in [0.05, 0.1) is 13.7 Å². The van der Waals surface area contributed by atoms with Crippen LogP contribution in [0.15, 0.2) is 0 Å². The SMILES string of the molecule is COc1nc(N)nc(OCCC(C)(C)C)n1. The molecule has 6 nitrogen and oxygen atoms in total. The van der Waals surface area contributed by atoms with Crippen molar-refractivity contribution >= 4 is 5.95 Å². The number of anilines is 1. The van der Waals surface area contributed by atoms with Crippen molar-refractivity contribution < 1.29 is 9.47 Å². The maximum absolute atomic E-state index is 5.47. The van der Waals surface area contributed by atoms with Crippen LogP contribution in [0.2, 0.25) is 0 Å². The predicted octanol–water partition coefficient (Wildman–Crippen LogP) is 1.28. The van der Waals surface area contributed by atoms with Crippen molar-refractivity contribution in [2.24, 2.45) is 5.41 Å². The van der Waals surface area contributed by atoms with Crippen LogP contribution in [0.5, 0.6) is 12.0 Å². The first-order chi connectivity index (χ1) is 7.40. The Morgan fingerprint density at radius 2 is 1.75 bits per heavy atom. The van der Waals surface area contributed by atoms with Gasteiger partial charge in [-0.05, 0) is 11.8 Å². The Labute approximate surface area is 95.2 Å². The molecule has 1 heterocycles. The third-order valence-electron chi connectivity index (χ3n) is 1.88. The summed E-state index contributed by atoms with van der Waals surface area (Å²) in [5, 5.41) is 0. The van der Waals surface area contributed by atoms with Crippen LogP contribution in [0.3, 0.4) is 0 Å². The fraction of sp³-hybridized carbons (Fsp3) is 0.700. The topological polar surface area (TPSA) is 83.2 Å². The molecule has 0 spiro atoms. The summed E-state index contributed by atoms with van der Waals surface area (Å²) in [5.74, 6) is 0.0950. The first-order valence-electron chi connectivity index (χ1n) is 5.09. The summed E-state index contributed by atoms with van der Waals surface area (Å²) in [6.45, 7) is 6.95. The number of nitrogen functional groups attached to an aromatic ring is 1. The van der Waals surface area contributed by atoms with Gasteiger partial charge in [-0.3, -0.25) is 0 Å². The molecule has 0 fully saturated rings. The molecule has 0 amide bonds. The van der Waals surface area contributed by atoms with Gasteiger partial charge in [0.25, 0.3) is 0 Å². The first kappa shape index (κ1) is 12.5. The van der Waals surface area contributed by atoms with Crippen LogP contribution in [-0.4, -0.2) is 28.7 Å². The molecule has 90 valence electrons. The molecular weight excluding hydrogens is 208 g/mol. The second-order valence-electron chi connectivity index (χ2n) is 4.62. The molecule has 0 unspecified atom stereocenters. The summed E-state index contributed by atoms with van der Waals surface area (Å²) in [4.78, 5) is 11.5. The number of nitrogens with two attached hydrogens (primary N) is 1. The summed E-state index contributed by atoms with van der Waals surface area (Å²) in [7, 11) is 1.47. The Morgan fingerprint density at radius 1 is 1.12 bits per heavy atom. The number of aromatic nitrogens is 3. The minimum atomic E-state index is 0.0950. The highest BCUT2D eigenvalue weighted by molar-refractivity contribution is 5.20. The van der Waals surface area contributed by atoms with Gasteiger partial charge in [-0.2, -0.15) is 9.97 Å². The van der Waals surface area contributed by atoms with Crippen LogP contribution < -0.4 is 15.2 Å². The van der Waals surface area contributed by atoms with Crippen molar-refractivity contribution in [2.45, 2.75) is 27.2 Å². The van der Waals surface area contributed by atoms with E-state index in [1.165, 1.54) is 7.11 Å². The van der Waals surface area contributed by atoms with E-state index in [0.29, 0.717) is 6.61 Å². The maximum atomic E-state index is 5.47. The summed E-state index contributed by atoms with van der Waals surface area (Å²) in [6.07, 6.45) is 0.904. The van der Waals surface area contributed by atoms with Crippen molar-refractivity contribution in [3.63, 3.8) is 0 Å². The van der Waals surface area contributed by atoms with Gasteiger partial charge in [-0.25, -0.2) is 0 Å². The Kier molecular flexibility index (Phi) is 3.87. The van der Waals surface area contributed by atoms with Crippen LogP contribution in [0.25, 0.3) is 0 Å². The third-order valence-corrected chi connectivity index (χ3v) is 1.88. The molecule has 0 aliphatic heterocycles. The molecule has 0 aliphatic carbocycles. The first-order valence-corrected chi connectivity index (χ1v) is 5.09. The van der Waals surface area contributed by atoms with Crippen LogP contribution in [-0.2, 0) is 0 Å². The predicted molar refractivity (Wildman–Crippen MR) is 60.4 cm³/mol. The molecule has 0 aliphatic rings. The molecular formula is C10H18N4O2. The van der Waals surface area contributed by atoms with Gasteiger partial charge < -0.3 is 15.2 Å². The molecule has 0 bridgehead atoms. The second kappa shape index (κ2) is 4.96. The lowest BCUT2D eigenvalue weighted by Gasteiger charge is -2.17. The summed E-state index contributed by atoms with van der Waals surface area (Å²) >= 11 is 0. The van der Waals surface area contributed by atoms with E-state index >= 15 is 0 Å². The van der Waals surface area contributed by atoms with Gasteiger partial charge in [0, 0.05) is 0 Å². The molecule has 0 saturated carbocycles. The molecule has 1 aromatic rings. The van der Waals surface area contributed by atoms with Crippen molar-refractivity contribution in [1.82, 2.24) is 15.0 Å². The Balaban J connectivity index is 2.57. The maximum Gasteiger partial charge on any atom is 0.324 e. The fourth-order valence-corrected chi connectivity index (χ4v) is 0.957. The average Bonchev–Trinajstić information content (AvgIpc) is 2.14. The quantitative estimate of drug-likeness (QED) is 0.832. The van der Waals surface area contributed by atoms with E-state index in [2.05, 4.69) is 35.7 Å². The molecule has 1 rings (SSSR count). The van der Waals surface area contributed by atoms with E-state index in [4.69, 9.17) is 15.2 Å². The Morgan fingerprint density at radius 3 is 2.31 bits per heavy atom. The zero-order chi connectivity index (χ0) is 12.2. The zero-order valence-electron chi connectivity index (χ0n) is 10.1. The standard InChI is InChI=1S/C10H18N4O2/c1-10(2,3)5-6-16-9-13-7(11)12-8(14-9)15-4/h5-6H2,1-4H3,(H2,11,12,13,14). The lowest BCUT2D eigenvalue weighted by atomic mass is 9.93. The van der Waals surface area contributed by atoms with Crippen LogP contribution >= 0.6 is 0 Å². The molecule has 1 aromatic heterocycles. The third kappa shape index (κ3) is 4.29. The van der Waals surface area contributed by atoms with E-state index in [-0.39, 0.29) is 23.4 Å². The second-order valence-corrected chi connectivity index (χ2v) is 4.62. The van der Waals surface area contributed by atoms with Crippen LogP contribution in [0.1, 0.15) is 27.2 Å². The normalized spacial score (nSPS) is 11.2. The van der Waals surface area contributed by atoms with Gasteiger partial charge in [0.15, 0.2) is 0 Å². The van der Waals surface area contributed by atoms with Gasteiger partial charge in [0.2, 0.25) is 5.95 Å². The van der Waals surface area contributed by atoms with Crippen molar-refractivity contribution in [3.8, 4) is 12.0 Å². The number of rotatable bonds is 4. The van der Waals surface area contributed by atoms with E-state index in [0.717, 1.165) is 6.42 Å². The molecule has 16 heavy (non-hydrogen) atoms. The average molecular weight is 226 g/mol. The lowest BCUT2D eigenvalue weighted by Crippen LogP contribution is -2.13. The highest BCUT2D eigenvalue weighted by Gasteiger charge is 2.11. The minimum Gasteiger partial charge on any atom is -0.467 e. The smallest absolute Gasteiger partial charge is 0.324 e. The number of hydrogen-bond acceptors (Lipinski definition) is 6. The Hall–Kier alpha value is -1.59. The van der Waals surface area contributed by atoms with Crippen LogP contribution in [0, 0.1) is 5.41 Å². The molecule has 0 aromatic carbocycles. The van der Waals surface area contributed by atoms with Gasteiger partial charge in [0.1, 0.15) is 0 Å². The number of methoxy groups -OCH3 is 1. The molecule has 0 saturated heterocycles. The van der Waals surface area contributed by atoms with E-state index < -0.39 is 0 Å². The number of nitrogens with zero attached hydrogens (tertiary/aromatic N) is 3. The number of ether oxygens (including phenoxy) is 2. The van der Waals surface area contributed by atoms with E-state index in [1.807, 2.05) is 0 Å². The zero-order valence-corrected chi connectivity index (χ0v) is 10.1. The highest BCUT2D eigenvalue weighted by Crippen LogP contribution is 2.19. The largest absolute Gasteiger partial charge is 0.467 e. The van der Waals surface area contributed by atoms with Crippen molar-refractivity contribution in [2.75, 3.05) is 19.5 Å². The van der Waals surface area contributed by atoms with Gasteiger partial charge >= 0.3 is 12.0 Å². The lowest BCUT2D eigenvalue weighted by molar-refractivity contribution is 0.225.